The minimum Gasteiger partial charge on any atom is -0.469 e. The van der Waals surface area contributed by atoms with Crippen molar-refractivity contribution in [1.29, 1.82) is 0 Å². The molecule has 3 aromatic rings. The van der Waals surface area contributed by atoms with Crippen LogP contribution in [-0.4, -0.2) is 16.2 Å². The average Bonchev–Trinajstić information content (AvgIpc) is 2.61. The number of benzene rings is 2. The topological polar surface area (TPSA) is 55.0 Å². The van der Waals surface area contributed by atoms with Crippen LogP contribution in [0.25, 0.3) is 10.8 Å². The van der Waals surface area contributed by atoms with E-state index in [9.17, 15) is 4.79 Å². The van der Waals surface area contributed by atoms with E-state index in [-0.39, 0.29) is 11.7 Å². The molecule has 0 bridgehead atoms. The minimum absolute atomic E-state index is 0.0775. The number of hydrogen-bond donors (Lipinski definition) is 1. The Labute approximate surface area is 144 Å². The molecule has 0 saturated heterocycles. The molecule has 1 N–H and O–H groups in total. The van der Waals surface area contributed by atoms with Crippen molar-refractivity contribution < 1.29 is 4.74 Å². The van der Waals surface area contributed by atoms with Crippen molar-refractivity contribution in [1.82, 2.24) is 9.97 Å². The zero-order chi connectivity index (χ0) is 16.7. The van der Waals surface area contributed by atoms with E-state index in [1.165, 1.54) is 33.7 Å². The third-order valence-corrected chi connectivity index (χ3v) is 5.13. The predicted octanol–water partition coefficient (Wildman–Crippen LogP) is 4.02. The summed E-state index contributed by atoms with van der Waals surface area (Å²) in [6.07, 6.45) is 3.27. The second kappa shape index (κ2) is 5.98. The lowest BCUT2D eigenvalue weighted by Crippen LogP contribution is -2.24. The number of H-pyrrole nitrogens is 1. The smallest absolute Gasteiger partial charge is 0.258 e. The fourth-order valence-corrected chi connectivity index (χ4v) is 3.76. The van der Waals surface area contributed by atoms with Gasteiger partial charge < -0.3 is 9.72 Å². The van der Waals surface area contributed by atoms with Crippen molar-refractivity contribution in [3.63, 3.8) is 0 Å². The van der Waals surface area contributed by atoms with Crippen LogP contribution in [0.4, 0.5) is 0 Å². The summed E-state index contributed by atoms with van der Waals surface area (Å²) in [5.41, 5.74) is 2.98. The van der Waals surface area contributed by atoms with Gasteiger partial charge in [-0.15, -0.1) is 0 Å². The van der Waals surface area contributed by atoms with Crippen LogP contribution in [-0.2, 0) is 6.42 Å². The molecular formula is C19H18N2O2S. The Kier molecular flexibility index (Phi) is 3.81. The molecular weight excluding hydrogens is 320 g/mol. The average molecular weight is 338 g/mol. The first kappa shape index (κ1) is 15.3. The number of thioether (sulfide) groups is 1. The van der Waals surface area contributed by atoms with Gasteiger partial charge in [0.2, 0.25) is 5.88 Å². The first-order valence-electron chi connectivity index (χ1n) is 7.99. The monoisotopic (exact) mass is 338 g/mol. The third kappa shape index (κ3) is 2.49. The normalized spacial score (nSPS) is 16.7. The third-order valence-electron chi connectivity index (χ3n) is 4.55. The number of hydrogen-bond acceptors (Lipinski definition) is 4. The van der Waals surface area contributed by atoms with Crippen LogP contribution in [0.15, 0.2) is 46.3 Å². The van der Waals surface area contributed by atoms with E-state index in [0.29, 0.717) is 23.0 Å². The standard InChI is InChI=1S/C19H18N2O2S/c1-11-5-3-6-12-7-4-8-13(16(11)12)15-10-9-14-17(22)20-19(24-2)21-18(14)23-15/h3-8,15H,9-10H2,1-2H3,(H,20,21,22). The fourth-order valence-electron chi connectivity index (χ4n) is 3.39. The number of ether oxygens (including phenoxy) is 1. The van der Waals surface area contributed by atoms with E-state index in [4.69, 9.17) is 4.74 Å². The molecule has 4 nitrogen and oxygen atoms in total. The molecule has 5 heteroatoms. The summed E-state index contributed by atoms with van der Waals surface area (Å²) in [7, 11) is 0. The van der Waals surface area contributed by atoms with Gasteiger partial charge in [-0.05, 0) is 42.4 Å². The highest BCUT2D eigenvalue weighted by molar-refractivity contribution is 7.98. The van der Waals surface area contributed by atoms with Crippen molar-refractivity contribution in [2.24, 2.45) is 0 Å². The highest BCUT2D eigenvalue weighted by Gasteiger charge is 2.26. The molecule has 4 rings (SSSR count). The van der Waals surface area contributed by atoms with Crippen molar-refractivity contribution in [2.45, 2.75) is 31.0 Å². The van der Waals surface area contributed by atoms with Crippen LogP contribution in [0.1, 0.15) is 29.2 Å². The van der Waals surface area contributed by atoms with E-state index in [1.54, 1.807) is 0 Å². The van der Waals surface area contributed by atoms with Gasteiger partial charge in [-0.25, -0.2) is 0 Å². The summed E-state index contributed by atoms with van der Waals surface area (Å²) < 4.78 is 6.16. The van der Waals surface area contributed by atoms with E-state index in [0.717, 1.165) is 6.42 Å². The van der Waals surface area contributed by atoms with E-state index in [2.05, 4.69) is 53.3 Å². The van der Waals surface area contributed by atoms with Gasteiger partial charge in [0.05, 0.1) is 5.56 Å². The van der Waals surface area contributed by atoms with Crippen molar-refractivity contribution in [3.8, 4) is 5.88 Å². The number of rotatable bonds is 2. The van der Waals surface area contributed by atoms with Crippen LogP contribution in [0, 0.1) is 6.92 Å². The van der Waals surface area contributed by atoms with Crippen molar-refractivity contribution >= 4 is 22.5 Å². The van der Waals surface area contributed by atoms with E-state index < -0.39 is 0 Å². The molecule has 0 saturated carbocycles. The lowest BCUT2D eigenvalue weighted by atomic mass is 9.93. The molecule has 2 heterocycles. The van der Waals surface area contributed by atoms with Crippen LogP contribution >= 0.6 is 11.8 Å². The van der Waals surface area contributed by atoms with Gasteiger partial charge in [0.1, 0.15) is 6.10 Å². The number of nitrogens with zero attached hydrogens (tertiary/aromatic N) is 1. The van der Waals surface area contributed by atoms with Crippen LogP contribution in [0.3, 0.4) is 0 Å². The first-order chi connectivity index (χ1) is 11.7. The summed E-state index contributed by atoms with van der Waals surface area (Å²) >= 11 is 1.41. The van der Waals surface area contributed by atoms with Gasteiger partial charge in [-0.2, -0.15) is 4.98 Å². The van der Waals surface area contributed by atoms with Crippen LogP contribution < -0.4 is 10.3 Å². The van der Waals surface area contributed by atoms with Crippen LogP contribution in [0.5, 0.6) is 5.88 Å². The highest BCUT2D eigenvalue weighted by Crippen LogP contribution is 2.36. The second-order valence-electron chi connectivity index (χ2n) is 6.02. The molecule has 1 aliphatic rings. The molecule has 0 fully saturated rings. The van der Waals surface area contributed by atoms with Crippen molar-refractivity contribution in [2.75, 3.05) is 6.26 Å². The zero-order valence-corrected chi connectivity index (χ0v) is 14.4. The second-order valence-corrected chi connectivity index (χ2v) is 6.82. The summed E-state index contributed by atoms with van der Waals surface area (Å²) in [4.78, 5) is 19.4. The lowest BCUT2D eigenvalue weighted by molar-refractivity contribution is 0.166. The molecule has 24 heavy (non-hydrogen) atoms. The summed E-state index contributed by atoms with van der Waals surface area (Å²) in [6.45, 7) is 2.12. The van der Waals surface area contributed by atoms with Crippen molar-refractivity contribution in [3.05, 3.63) is 63.4 Å². The quantitative estimate of drug-likeness (QED) is 0.566. The molecule has 1 atom stereocenters. The van der Waals surface area contributed by atoms with Gasteiger partial charge in [-0.1, -0.05) is 48.2 Å². The molecule has 1 aliphatic heterocycles. The summed E-state index contributed by atoms with van der Waals surface area (Å²) in [6, 6.07) is 12.6. The van der Waals surface area contributed by atoms with Gasteiger partial charge in [0, 0.05) is 5.56 Å². The Hall–Kier alpha value is -2.27. The largest absolute Gasteiger partial charge is 0.469 e. The Morgan fingerprint density at radius 2 is 2.04 bits per heavy atom. The molecule has 0 amide bonds. The molecule has 1 unspecified atom stereocenters. The SMILES string of the molecule is CSc1nc2c(c(=O)[nH]1)CCC(c1cccc3cccc(C)c13)O2. The van der Waals surface area contributed by atoms with E-state index in [1.807, 2.05) is 6.26 Å². The van der Waals surface area contributed by atoms with Gasteiger partial charge >= 0.3 is 0 Å². The Morgan fingerprint density at radius 3 is 2.83 bits per heavy atom. The summed E-state index contributed by atoms with van der Waals surface area (Å²) in [5, 5.41) is 3.04. The number of aryl methyl sites for hydroxylation is 1. The zero-order valence-electron chi connectivity index (χ0n) is 13.6. The minimum atomic E-state index is -0.0862. The number of nitrogens with one attached hydrogen (secondary N) is 1. The maximum Gasteiger partial charge on any atom is 0.258 e. The maximum absolute atomic E-state index is 12.2. The maximum atomic E-state index is 12.2. The molecule has 122 valence electrons. The number of aromatic nitrogens is 2. The molecule has 0 aliphatic carbocycles. The molecule has 0 spiro atoms. The van der Waals surface area contributed by atoms with E-state index >= 15 is 0 Å². The van der Waals surface area contributed by atoms with Gasteiger partial charge in [0.25, 0.3) is 5.56 Å². The Balaban J connectivity index is 1.81. The first-order valence-corrected chi connectivity index (χ1v) is 9.22. The fraction of sp³-hybridized carbons (Fsp3) is 0.263. The molecule has 2 aromatic carbocycles. The van der Waals surface area contributed by atoms with Gasteiger partial charge in [0.15, 0.2) is 5.16 Å². The Morgan fingerprint density at radius 1 is 1.25 bits per heavy atom. The van der Waals surface area contributed by atoms with Gasteiger partial charge in [-0.3, -0.25) is 4.79 Å². The molecule has 1 aromatic heterocycles. The number of fused-ring (bicyclic) bond motifs is 2. The highest BCUT2D eigenvalue weighted by atomic mass is 32.2. The summed E-state index contributed by atoms with van der Waals surface area (Å²) in [5.74, 6) is 0.477. The predicted molar refractivity (Wildman–Crippen MR) is 97.0 cm³/mol. The van der Waals surface area contributed by atoms with Crippen LogP contribution in [0.2, 0.25) is 0 Å². The molecule has 0 radical (unpaired) electrons. The lowest BCUT2D eigenvalue weighted by Gasteiger charge is -2.26. The Bertz CT molecular complexity index is 976. The number of aromatic amines is 1.